The van der Waals surface area contributed by atoms with Gasteiger partial charge in [0.05, 0.1) is 41.0 Å². The first-order valence-corrected chi connectivity index (χ1v) is 17.2. The van der Waals surface area contributed by atoms with Gasteiger partial charge >= 0.3 is 6.01 Å². The summed E-state index contributed by atoms with van der Waals surface area (Å²) in [5.74, 6) is 0.439. The molecule has 0 amide bonds. The van der Waals surface area contributed by atoms with Gasteiger partial charge < -0.3 is 24.2 Å². The molecule has 2 saturated carbocycles. The maximum Gasteiger partial charge on any atom is 0.319 e. The molecule has 248 valence electrons. The summed E-state index contributed by atoms with van der Waals surface area (Å²) in [6.45, 7) is 4.81. The highest BCUT2D eigenvalue weighted by Crippen LogP contribution is 2.54. The van der Waals surface area contributed by atoms with Crippen LogP contribution >= 0.6 is 11.6 Å². The summed E-state index contributed by atoms with van der Waals surface area (Å²) in [6.07, 6.45) is 9.48. The van der Waals surface area contributed by atoms with Crippen LogP contribution in [0.25, 0.3) is 33.1 Å². The summed E-state index contributed by atoms with van der Waals surface area (Å²) in [7, 11) is 1.69. The molecule has 5 fully saturated rings. The number of fused-ring (bicyclic) bond motifs is 3. The molecule has 0 radical (unpaired) electrons. The van der Waals surface area contributed by atoms with Crippen LogP contribution in [0.3, 0.4) is 0 Å². The predicted molar refractivity (Wildman–Crippen MR) is 175 cm³/mol. The van der Waals surface area contributed by atoms with E-state index < -0.39 is 11.4 Å². The van der Waals surface area contributed by atoms with Crippen molar-refractivity contribution in [1.82, 2.24) is 30.0 Å². The Hall–Kier alpha value is -3.16. The zero-order valence-electron chi connectivity index (χ0n) is 26.5. The van der Waals surface area contributed by atoms with Crippen LogP contribution in [0.4, 0.5) is 10.2 Å². The first-order valence-electron chi connectivity index (χ1n) is 16.8. The van der Waals surface area contributed by atoms with E-state index in [4.69, 9.17) is 40.8 Å². The molecule has 47 heavy (non-hydrogen) atoms. The van der Waals surface area contributed by atoms with Crippen molar-refractivity contribution in [3.63, 3.8) is 0 Å². The van der Waals surface area contributed by atoms with Gasteiger partial charge in [-0.05, 0) is 68.7 Å². The van der Waals surface area contributed by atoms with E-state index in [1.807, 2.05) is 6.07 Å². The molecular weight excluding hydrogens is 625 g/mol. The van der Waals surface area contributed by atoms with E-state index in [-0.39, 0.29) is 34.8 Å². The van der Waals surface area contributed by atoms with Gasteiger partial charge in [0.2, 0.25) is 0 Å². The number of nitrogens with zero attached hydrogens (tertiary/aromatic N) is 6. The number of aromatic nitrogens is 5. The van der Waals surface area contributed by atoms with E-state index in [1.165, 1.54) is 0 Å². The van der Waals surface area contributed by atoms with E-state index in [2.05, 4.69) is 20.0 Å². The molecule has 0 bridgehead atoms. The fraction of sp³-hybridized carbons (Fsp3) is 0.588. The lowest BCUT2D eigenvalue weighted by atomic mass is 9.76. The van der Waals surface area contributed by atoms with Crippen LogP contribution < -0.4 is 9.64 Å². The van der Waals surface area contributed by atoms with Crippen LogP contribution in [0, 0.1) is 11.7 Å². The Labute approximate surface area is 276 Å². The summed E-state index contributed by atoms with van der Waals surface area (Å²) >= 11 is 6.92. The molecule has 9 rings (SSSR count). The number of anilines is 1. The molecule has 1 aromatic carbocycles. The van der Waals surface area contributed by atoms with Gasteiger partial charge in [0.15, 0.2) is 5.82 Å². The number of benzene rings is 1. The standard InChI is InChI=1S/C34H39ClFN7O4/c1-45-16-19-10-21(19)26-24(35)11-25-22(15-38-41-25)27(26)30-28(36)29-23(14-37-30)31(42-8-9-47-34(17-42)12-20(44)13-34)40-32(39-29)46-18-33-4-2-6-43(33)7-3-5-33/h11,14-15,19-21,44H,2-10,12-13,16-18H2,1H3,(H,38,41). The number of hydrogen-bond donors (Lipinski definition) is 2. The molecule has 2 aliphatic carbocycles. The number of aromatic amines is 1. The van der Waals surface area contributed by atoms with Crippen molar-refractivity contribution in [3.8, 4) is 17.3 Å². The van der Waals surface area contributed by atoms with Gasteiger partial charge in [-0.2, -0.15) is 15.1 Å². The Kier molecular flexibility index (Phi) is 7.13. The number of nitrogens with one attached hydrogen (secondary N) is 1. The van der Waals surface area contributed by atoms with Gasteiger partial charge in [-0.1, -0.05) is 11.6 Å². The molecular formula is C34H39ClFN7O4. The topological polar surface area (TPSA) is 122 Å². The lowest BCUT2D eigenvalue weighted by Crippen LogP contribution is -2.60. The van der Waals surface area contributed by atoms with Gasteiger partial charge in [-0.25, -0.2) is 4.39 Å². The minimum atomic E-state index is -0.547. The number of halogens is 2. The lowest BCUT2D eigenvalue weighted by molar-refractivity contribution is -0.159. The third-order valence-corrected chi connectivity index (χ3v) is 11.6. The van der Waals surface area contributed by atoms with Crippen LogP contribution in [0.5, 0.6) is 6.01 Å². The van der Waals surface area contributed by atoms with E-state index in [1.54, 1.807) is 19.5 Å². The summed E-state index contributed by atoms with van der Waals surface area (Å²) in [4.78, 5) is 19.1. The second kappa shape index (κ2) is 11.2. The number of pyridine rings is 1. The average molecular weight is 664 g/mol. The molecule has 3 aromatic heterocycles. The van der Waals surface area contributed by atoms with Crippen LogP contribution in [0.2, 0.25) is 5.02 Å². The molecule has 3 aliphatic heterocycles. The number of hydrogen-bond acceptors (Lipinski definition) is 10. The van der Waals surface area contributed by atoms with Gasteiger partial charge in [-0.15, -0.1) is 0 Å². The van der Waals surface area contributed by atoms with E-state index in [0.717, 1.165) is 56.1 Å². The minimum absolute atomic E-state index is 0.0168. The highest BCUT2D eigenvalue weighted by atomic mass is 35.5. The first kappa shape index (κ1) is 29.9. The van der Waals surface area contributed by atoms with Crippen molar-refractivity contribution in [2.75, 3.05) is 58.0 Å². The SMILES string of the molecule is COCC1CC1c1c(Cl)cc2[nH]ncc2c1-c1ncc2c(N3CCOC4(CC(O)C4)C3)nc(OCC34CCCN3CCC4)nc2c1F. The lowest BCUT2D eigenvalue weighted by Gasteiger charge is -2.51. The fourth-order valence-electron chi connectivity index (χ4n) is 8.92. The van der Waals surface area contributed by atoms with Crippen molar-refractivity contribution in [2.45, 2.75) is 68.1 Å². The minimum Gasteiger partial charge on any atom is -0.461 e. The highest BCUT2D eigenvalue weighted by Gasteiger charge is 2.49. The summed E-state index contributed by atoms with van der Waals surface area (Å²) in [5.41, 5.74) is 2.08. The third kappa shape index (κ3) is 4.89. The van der Waals surface area contributed by atoms with Gasteiger partial charge in [0.25, 0.3) is 0 Å². The number of aliphatic hydroxyl groups excluding tert-OH is 1. The monoisotopic (exact) mass is 663 g/mol. The molecule has 5 aliphatic rings. The number of ether oxygens (including phenoxy) is 3. The molecule has 6 heterocycles. The van der Waals surface area contributed by atoms with Crippen molar-refractivity contribution in [2.24, 2.45) is 5.92 Å². The van der Waals surface area contributed by atoms with Crippen molar-refractivity contribution in [3.05, 3.63) is 34.9 Å². The molecule has 4 aromatic rings. The second-order valence-electron chi connectivity index (χ2n) is 14.3. The number of morpholine rings is 1. The maximum atomic E-state index is 17.2. The van der Waals surface area contributed by atoms with Crippen LogP contribution in [-0.4, -0.2) is 106 Å². The van der Waals surface area contributed by atoms with Crippen molar-refractivity contribution >= 4 is 39.2 Å². The largest absolute Gasteiger partial charge is 0.461 e. The Bertz CT molecular complexity index is 1850. The quantitative estimate of drug-likeness (QED) is 0.271. The number of aliphatic hydroxyl groups is 1. The molecule has 2 N–H and O–H groups in total. The first-order chi connectivity index (χ1) is 22.9. The Morgan fingerprint density at radius 2 is 1.98 bits per heavy atom. The third-order valence-electron chi connectivity index (χ3n) is 11.3. The van der Waals surface area contributed by atoms with E-state index >= 15 is 4.39 Å². The number of rotatable bonds is 8. The second-order valence-corrected chi connectivity index (χ2v) is 14.7. The summed E-state index contributed by atoms with van der Waals surface area (Å²) in [5, 5.41) is 19.2. The summed E-state index contributed by atoms with van der Waals surface area (Å²) < 4.78 is 35.2. The normalized spacial score (nSPS) is 28.3. The Morgan fingerprint density at radius 3 is 2.77 bits per heavy atom. The van der Waals surface area contributed by atoms with Gasteiger partial charge in [0.1, 0.15) is 23.6 Å². The summed E-state index contributed by atoms with van der Waals surface area (Å²) in [6, 6.07) is 2.02. The van der Waals surface area contributed by atoms with Crippen LogP contribution in [-0.2, 0) is 9.47 Å². The van der Waals surface area contributed by atoms with E-state index in [9.17, 15) is 5.11 Å². The van der Waals surface area contributed by atoms with Crippen LogP contribution in [0.15, 0.2) is 18.5 Å². The molecule has 3 saturated heterocycles. The molecule has 1 spiro atoms. The van der Waals surface area contributed by atoms with Crippen LogP contribution in [0.1, 0.15) is 56.4 Å². The molecule has 11 nitrogen and oxygen atoms in total. The Balaban J connectivity index is 1.17. The molecule has 2 atom stereocenters. The van der Waals surface area contributed by atoms with E-state index in [0.29, 0.717) is 79.0 Å². The van der Waals surface area contributed by atoms with Crippen molar-refractivity contribution in [1.29, 1.82) is 0 Å². The van der Waals surface area contributed by atoms with Crippen molar-refractivity contribution < 1.29 is 23.7 Å². The zero-order valence-corrected chi connectivity index (χ0v) is 27.2. The van der Waals surface area contributed by atoms with Gasteiger partial charge in [-0.3, -0.25) is 15.0 Å². The number of H-pyrrole nitrogens is 1. The average Bonchev–Trinajstić information content (AvgIpc) is 3.33. The maximum absolute atomic E-state index is 17.2. The highest BCUT2D eigenvalue weighted by molar-refractivity contribution is 6.33. The van der Waals surface area contributed by atoms with Gasteiger partial charge in [0, 0.05) is 61.8 Å². The number of methoxy groups -OCH3 is 1. The smallest absolute Gasteiger partial charge is 0.319 e. The molecule has 2 unspecified atom stereocenters. The zero-order chi connectivity index (χ0) is 31.9. The predicted octanol–water partition coefficient (Wildman–Crippen LogP) is 4.85. The molecule has 13 heteroatoms. The Morgan fingerprint density at radius 1 is 1.15 bits per heavy atom. The fourth-order valence-corrected chi connectivity index (χ4v) is 9.27.